The molecule has 2 rings (SSSR count). The Labute approximate surface area is 130 Å². The molecule has 1 heterocycles. The third-order valence-electron chi connectivity index (χ3n) is 4.42. The molecule has 2 unspecified atom stereocenters. The van der Waals surface area contributed by atoms with Crippen molar-refractivity contribution in [2.45, 2.75) is 72.4 Å². The van der Waals surface area contributed by atoms with E-state index in [9.17, 15) is 0 Å². The van der Waals surface area contributed by atoms with Gasteiger partial charge in [0.25, 0.3) is 0 Å². The Hall–Kier alpha value is -1.02. The molecular weight excluding hydrogens is 258 g/mol. The van der Waals surface area contributed by atoms with E-state index in [1.807, 2.05) is 0 Å². The van der Waals surface area contributed by atoms with Crippen molar-refractivity contribution in [2.24, 2.45) is 5.41 Å². The quantitative estimate of drug-likeness (QED) is 0.833. The van der Waals surface area contributed by atoms with Crippen molar-refractivity contribution in [1.82, 2.24) is 5.32 Å². The molecule has 0 spiro atoms. The van der Waals surface area contributed by atoms with E-state index in [1.54, 1.807) is 0 Å². The lowest BCUT2D eigenvalue weighted by atomic mass is 9.83. The van der Waals surface area contributed by atoms with Crippen molar-refractivity contribution in [3.8, 4) is 5.75 Å². The zero-order chi connectivity index (χ0) is 15.5. The van der Waals surface area contributed by atoms with Crippen molar-refractivity contribution < 1.29 is 4.74 Å². The summed E-state index contributed by atoms with van der Waals surface area (Å²) in [6, 6.07) is 7.10. The molecule has 1 aromatic carbocycles. The Kier molecular flexibility index (Phi) is 5.32. The van der Waals surface area contributed by atoms with Crippen LogP contribution >= 0.6 is 0 Å². The van der Waals surface area contributed by atoms with E-state index < -0.39 is 0 Å². The summed E-state index contributed by atoms with van der Waals surface area (Å²) in [6.45, 7) is 12.5. The Bertz CT molecular complexity index is 461. The summed E-state index contributed by atoms with van der Waals surface area (Å²) in [6.07, 6.45) is 4.93. The van der Waals surface area contributed by atoms with Gasteiger partial charge in [-0.2, -0.15) is 0 Å². The number of hydrogen-bond acceptors (Lipinski definition) is 2. The Morgan fingerprint density at radius 3 is 2.76 bits per heavy atom. The molecule has 0 aliphatic carbocycles. The highest BCUT2D eigenvalue weighted by molar-refractivity contribution is 5.40. The molecule has 0 bridgehead atoms. The van der Waals surface area contributed by atoms with Crippen molar-refractivity contribution >= 4 is 0 Å². The number of ether oxygens (including phenoxy) is 1. The molecule has 1 aliphatic rings. The van der Waals surface area contributed by atoms with Crippen molar-refractivity contribution in [1.29, 1.82) is 0 Å². The van der Waals surface area contributed by atoms with E-state index >= 15 is 0 Å². The Morgan fingerprint density at radius 2 is 2.10 bits per heavy atom. The summed E-state index contributed by atoms with van der Waals surface area (Å²) in [4.78, 5) is 0. The summed E-state index contributed by atoms with van der Waals surface area (Å²) in [5.74, 6) is 1.10. The monoisotopic (exact) mass is 289 g/mol. The predicted molar refractivity (Wildman–Crippen MR) is 90.1 cm³/mol. The zero-order valence-electron chi connectivity index (χ0n) is 14.3. The van der Waals surface area contributed by atoms with Crippen molar-refractivity contribution in [3.63, 3.8) is 0 Å². The minimum atomic E-state index is 0.303. The van der Waals surface area contributed by atoms with E-state index in [0.29, 0.717) is 17.6 Å². The maximum atomic E-state index is 6.10. The van der Waals surface area contributed by atoms with Gasteiger partial charge in [0.1, 0.15) is 11.9 Å². The molecule has 1 aromatic rings. The predicted octanol–water partition coefficient (Wildman–Crippen LogP) is 4.49. The molecule has 21 heavy (non-hydrogen) atoms. The normalized spacial score (nSPS) is 19.2. The van der Waals surface area contributed by atoms with Crippen LogP contribution < -0.4 is 10.1 Å². The van der Waals surface area contributed by atoms with Crippen LogP contribution in [0.4, 0.5) is 0 Å². The highest BCUT2D eigenvalue weighted by atomic mass is 16.5. The Morgan fingerprint density at radius 1 is 1.33 bits per heavy atom. The van der Waals surface area contributed by atoms with Crippen LogP contribution in [0.1, 0.15) is 58.1 Å². The molecule has 0 radical (unpaired) electrons. The van der Waals surface area contributed by atoms with Crippen LogP contribution in [0.15, 0.2) is 18.2 Å². The third kappa shape index (κ3) is 4.47. The number of benzene rings is 1. The minimum Gasteiger partial charge on any atom is -0.490 e. The molecule has 1 aliphatic heterocycles. The summed E-state index contributed by atoms with van der Waals surface area (Å²) < 4.78 is 6.10. The average Bonchev–Trinajstić information content (AvgIpc) is 2.79. The van der Waals surface area contributed by atoms with Crippen LogP contribution in [0, 0.1) is 12.3 Å². The molecule has 0 aromatic heterocycles. The second kappa shape index (κ2) is 6.83. The lowest BCUT2D eigenvalue weighted by Gasteiger charge is -2.32. The fourth-order valence-electron chi connectivity index (χ4n) is 3.12. The molecular formula is C19H31NO. The van der Waals surface area contributed by atoms with Crippen LogP contribution in [0.2, 0.25) is 0 Å². The van der Waals surface area contributed by atoms with Gasteiger partial charge >= 0.3 is 0 Å². The smallest absolute Gasteiger partial charge is 0.123 e. The summed E-state index contributed by atoms with van der Waals surface area (Å²) in [5.41, 5.74) is 3.01. The van der Waals surface area contributed by atoms with Crippen molar-refractivity contribution in [2.75, 3.05) is 6.54 Å². The second-order valence-electron chi connectivity index (χ2n) is 7.51. The van der Waals surface area contributed by atoms with Gasteiger partial charge in [-0.3, -0.25) is 0 Å². The number of rotatable bonds is 6. The maximum absolute atomic E-state index is 6.10. The second-order valence-corrected chi connectivity index (χ2v) is 7.51. The van der Waals surface area contributed by atoms with E-state index in [-0.39, 0.29) is 0 Å². The van der Waals surface area contributed by atoms with E-state index in [1.165, 1.54) is 24.0 Å². The highest BCUT2D eigenvalue weighted by Gasteiger charge is 2.28. The third-order valence-corrected chi connectivity index (χ3v) is 4.42. The van der Waals surface area contributed by atoms with E-state index in [2.05, 4.69) is 58.1 Å². The fourth-order valence-corrected chi connectivity index (χ4v) is 3.12. The molecule has 2 atom stereocenters. The molecule has 118 valence electrons. The first-order chi connectivity index (χ1) is 9.90. The Balaban J connectivity index is 1.88. The molecule has 2 nitrogen and oxygen atoms in total. The SMILES string of the molecule is CCCNC(CCC1Cc2cc(C)ccc2O1)C(C)(C)C. The number of aryl methyl sites for hydroxylation is 1. The van der Waals surface area contributed by atoms with Crippen LogP contribution in [0.5, 0.6) is 5.75 Å². The fraction of sp³-hybridized carbons (Fsp3) is 0.684. The number of nitrogens with one attached hydrogen (secondary N) is 1. The first-order valence-corrected chi connectivity index (χ1v) is 8.39. The minimum absolute atomic E-state index is 0.303. The zero-order valence-corrected chi connectivity index (χ0v) is 14.3. The van der Waals surface area contributed by atoms with Crippen LogP contribution in [-0.4, -0.2) is 18.7 Å². The summed E-state index contributed by atoms with van der Waals surface area (Å²) in [5, 5.41) is 3.71. The van der Waals surface area contributed by atoms with Gasteiger partial charge < -0.3 is 10.1 Å². The van der Waals surface area contributed by atoms with Gasteiger partial charge in [-0.05, 0) is 49.8 Å². The van der Waals surface area contributed by atoms with Gasteiger partial charge in [0.05, 0.1) is 0 Å². The lowest BCUT2D eigenvalue weighted by Crippen LogP contribution is -2.41. The molecule has 0 saturated carbocycles. The van der Waals surface area contributed by atoms with Gasteiger partial charge in [-0.1, -0.05) is 45.4 Å². The molecule has 0 fully saturated rings. The highest BCUT2D eigenvalue weighted by Crippen LogP contribution is 2.32. The molecule has 2 heteroatoms. The lowest BCUT2D eigenvalue weighted by molar-refractivity contribution is 0.184. The van der Waals surface area contributed by atoms with Gasteiger partial charge in [-0.25, -0.2) is 0 Å². The van der Waals surface area contributed by atoms with Gasteiger partial charge in [0, 0.05) is 12.5 Å². The van der Waals surface area contributed by atoms with Gasteiger partial charge in [0.15, 0.2) is 0 Å². The molecule has 0 amide bonds. The topological polar surface area (TPSA) is 21.3 Å². The van der Waals surface area contributed by atoms with Crippen LogP contribution in [-0.2, 0) is 6.42 Å². The summed E-state index contributed by atoms with van der Waals surface area (Å²) in [7, 11) is 0. The molecule has 1 N–H and O–H groups in total. The first kappa shape index (κ1) is 16.4. The maximum Gasteiger partial charge on any atom is 0.123 e. The summed E-state index contributed by atoms with van der Waals surface area (Å²) >= 11 is 0. The molecule has 0 saturated heterocycles. The number of fused-ring (bicyclic) bond motifs is 1. The van der Waals surface area contributed by atoms with Gasteiger partial charge in [-0.15, -0.1) is 0 Å². The van der Waals surface area contributed by atoms with Gasteiger partial charge in [0.2, 0.25) is 0 Å². The standard InChI is InChI=1S/C19H31NO/c1-6-11-20-18(19(3,4)5)10-8-16-13-15-12-14(2)7-9-17(15)21-16/h7,9,12,16,18,20H,6,8,10-11,13H2,1-5H3. The number of hydrogen-bond donors (Lipinski definition) is 1. The van der Waals surface area contributed by atoms with Crippen molar-refractivity contribution in [3.05, 3.63) is 29.3 Å². The van der Waals surface area contributed by atoms with E-state index in [0.717, 1.165) is 25.1 Å². The van der Waals surface area contributed by atoms with Crippen LogP contribution in [0.3, 0.4) is 0 Å². The van der Waals surface area contributed by atoms with Crippen LogP contribution in [0.25, 0.3) is 0 Å². The largest absolute Gasteiger partial charge is 0.490 e. The van der Waals surface area contributed by atoms with E-state index in [4.69, 9.17) is 4.74 Å². The average molecular weight is 289 g/mol. The first-order valence-electron chi connectivity index (χ1n) is 8.39.